The molecule has 35 heavy (non-hydrogen) atoms. The molecule has 5 fully saturated rings. The highest BCUT2D eigenvalue weighted by Crippen LogP contribution is 2.58. The van der Waals surface area contributed by atoms with E-state index in [-0.39, 0.29) is 27.9 Å². The molecular weight excluding hydrogens is 447 g/mol. The van der Waals surface area contributed by atoms with Gasteiger partial charge in [0.2, 0.25) is 0 Å². The van der Waals surface area contributed by atoms with Gasteiger partial charge in [-0.15, -0.1) is 0 Å². The Kier molecular flexibility index (Phi) is 3.67. The van der Waals surface area contributed by atoms with E-state index in [1.165, 1.54) is 18.8 Å². The molecule has 2 bridgehead atoms. The number of benzene rings is 1. The molecule has 1 aromatic carbocycles. The molecule has 178 valence electrons. The number of nitrogens with zero attached hydrogens (tertiary/aromatic N) is 5. The van der Waals surface area contributed by atoms with Gasteiger partial charge in [0.1, 0.15) is 23.7 Å². The lowest BCUT2D eigenvalue weighted by Gasteiger charge is -2.40. The van der Waals surface area contributed by atoms with E-state index in [2.05, 4.69) is 9.97 Å². The largest absolute Gasteiger partial charge is 0.383 e. The van der Waals surface area contributed by atoms with Crippen LogP contribution in [0.25, 0.3) is 33.1 Å². The first-order chi connectivity index (χ1) is 17.0. The van der Waals surface area contributed by atoms with Crippen LogP contribution in [0.1, 0.15) is 32.1 Å². The number of hydrogen-bond acceptors (Lipinski definition) is 6. The lowest BCUT2D eigenvalue weighted by atomic mass is 9.76. The van der Waals surface area contributed by atoms with Crippen LogP contribution in [-0.2, 0) is 16.8 Å². The van der Waals surface area contributed by atoms with Crippen molar-refractivity contribution in [2.24, 2.45) is 17.3 Å². The van der Waals surface area contributed by atoms with Gasteiger partial charge in [-0.1, -0.05) is 0 Å². The Morgan fingerprint density at radius 1 is 1.23 bits per heavy atom. The lowest BCUT2D eigenvalue weighted by molar-refractivity contribution is 0.140. The van der Waals surface area contributed by atoms with Gasteiger partial charge in [0.15, 0.2) is 5.65 Å². The molecule has 1 saturated heterocycles. The molecule has 4 aliphatic carbocycles. The van der Waals surface area contributed by atoms with E-state index >= 15 is 4.39 Å². The Bertz CT molecular complexity index is 1610. The Balaban J connectivity index is 1.31. The van der Waals surface area contributed by atoms with Gasteiger partial charge in [0.25, 0.3) is 5.56 Å². The van der Waals surface area contributed by atoms with Crippen molar-refractivity contribution in [2.45, 2.75) is 44.2 Å². The predicted octanol–water partition coefficient (Wildman–Crippen LogP) is 3.47. The van der Waals surface area contributed by atoms with Crippen molar-refractivity contribution >= 4 is 27.6 Å². The molecule has 4 aromatic rings. The summed E-state index contributed by atoms with van der Waals surface area (Å²) in [7, 11) is 0. The van der Waals surface area contributed by atoms with Gasteiger partial charge < -0.3 is 15.0 Å². The molecule has 9 rings (SSSR count). The SMILES string of the molecule is Nc1ncnc2c1c(-c1cc3c(=O)n(C45CCC(C4)C5)ccc3cc1F)nn2CC12COCC1C2. The normalized spacial score (nSPS) is 30.7. The first-order valence-corrected chi connectivity index (χ1v) is 12.4. The summed E-state index contributed by atoms with van der Waals surface area (Å²) in [6.45, 7) is 2.11. The molecule has 2 unspecified atom stereocenters. The van der Waals surface area contributed by atoms with Crippen molar-refractivity contribution in [1.29, 1.82) is 0 Å². The molecular formula is C26H25FN6O2. The number of halogens is 1. The second kappa shape index (κ2) is 6.46. The molecule has 0 amide bonds. The number of nitrogen functional groups attached to an aromatic ring is 1. The number of fused-ring (bicyclic) bond motifs is 4. The number of anilines is 1. The van der Waals surface area contributed by atoms with E-state index in [0.717, 1.165) is 38.2 Å². The van der Waals surface area contributed by atoms with Gasteiger partial charge >= 0.3 is 0 Å². The molecule has 9 heteroatoms. The fourth-order valence-corrected chi connectivity index (χ4v) is 7.15. The Hall–Kier alpha value is -3.33. The van der Waals surface area contributed by atoms with E-state index < -0.39 is 5.82 Å². The topological polar surface area (TPSA) is 101 Å². The molecule has 1 aliphatic heterocycles. The third-order valence-electron chi connectivity index (χ3n) is 9.20. The second-order valence-electron chi connectivity index (χ2n) is 11.2. The van der Waals surface area contributed by atoms with Crippen molar-refractivity contribution in [2.75, 3.05) is 18.9 Å². The Morgan fingerprint density at radius 3 is 2.86 bits per heavy atom. The number of ether oxygens (including phenoxy) is 1. The predicted molar refractivity (Wildman–Crippen MR) is 128 cm³/mol. The Morgan fingerprint density at radius 2 is 2.11 bits per heavy atom. The maximum Gasteiger partial charge on any atom is 0.258 e. The fraction of sp³-hybridized carbons (Fsp3) is 0.462. The number of aromatic nitrogens is 5. The van der Waals surface area contributed by atoms with Crippen molar-refractivity contribution < 1.29 is 9.13 Å². The standard InChI is InChI=1S/C26H25FN6O2/c27-19-5-15-2-4-32(26-3-1-14(7-26)8-26)24(34)17(15)6-18(19)21-20-22(28)29-13-30-23(20)33(31-21)11-25-9-16(25)10-35-12-25/h2,4-6,13-14,16H,1,3,7-12H2,(H2,28,29,30). The average Bonchev–Trinajstić information content (AvgIpc) is 3.31. The van der Waals surface area contributed by atoms with Crippen LogP contribution in [0.3, 0.4) is 0 Å². The number of nitrogens with two attached hydrogens (primary N) is 1. The maximum absolute atomic E-state index is 15.5. The van der Waals surface area contributed by atoms with Crippen molar-refractivity contribution in [3.63, 3.8) is 0 Å². The average molecular weight is 473 g/mol. The van der Waals surface area contributed by atoms with Gasteiger partial charge in [-0.3, -0.25) is 4.79 Å². The molecule has 8 nitrogen and oxygen atoms in total. The van der Waals surface area contributed by atoms with E-state index in [0.29, 0.717) is 46.6 Å². The zero-order valence-corrected chi connectivity index (χ0v) is 19.2. The maximum atomic E-state index is 15.5. The molecule has 2 atom stereocenters. The van der Waals surface area contributed by atoms with E-state index in [1.54, 1.807) is 6.07 Å². The van der Waals surface area contributed by atoms with Crippen LogP contribution < -0.4 is 11.3 Å². The molecule has 0 spiro atoms. The molecule has 4 saturated carbocycles. The van der Waals surface area contributed by atoms with Crippen molar-refractivity contribution in [1.82, 2.24) is 24.3 Å². The molecule has 4 heterocycles. The highest BCUT2D eigenvalue weighted by atomic mass is 19.1. The number of pyridine rings is 1. The second-order valence-corrected chi connectivity index (χ2v) is 11.2. The van der Waals surface area contributed by atoms with Crippen LogP contribution in [0, 0.1) is 23.1 Å². The molecule has 0 radical (unpaired) electrons. The zero-order chi connectivity index (χ0) is 23.5. The molecule has 2 N–H and O–H groups in total. The van der Waals surface area contributed by atoms with Crippen LogP contribution in [0.5, 0.6) is 0 Å². The summed E-state index contributed by atoms with van der Waals surface area (Å²) in [6.07, 6.45) is 8.67. The summed E-state index contributed by atoms with van der Waals surface area (Å²) in [5, 5.41) is 6.41. The third kappa shape index (κ3) is 2.59. The highest BCUT2D eigenvalue weighted by Gasteiger charge is 2.58. The van der Waals surface area contributed by atoms with Crippen LogP contribution in [-0.4, -0.2) is 37.5 Å². The highest BCUT2D eigenvalue weighted by molar-refractivity contribution is 6.00. The minimum absolute atomic E-state index is 0.0623. The van der Waals surface area contributed by atoms with E-state index in [4.69, 9.17) is 15.6 Å². The summed E-state index contributed by atoms with van der Waals surface area (Å²) < 4.78 is 24.9. The van der Waals surface area contributed by atoms with E-state index in [1.807, 2.05) is 21.5 Å². The van der Waals surface area contributed by atoms with Gasteiger partial charge in [-0.25, -0.2) is 19.0 Å². The quantitative estimate of drug-likeness (QED) is 0.488. The monoisotopic (exact) mass is 472 g/mol. The van der Waals surface area contributed by atoms with Gasteiger partial charge in [0, 0.05) is 28.1 Å². The zero-order valence-electron chi connectivity index (χ0n) is 19.2. The summed E-state index contributed by atoms with van der Waals surface area (Å²) >= 11 is 0. The van der Waals surface area contributed by atoms with Crippen LogP contribution in [0.2, 0.25) is 0 Å². The summed E-state index contributed by atoms with van der Waals surface area (Å²) in [4.78, 5) is 22.2. The molecule has 3 aromatic heterocycles. The van der Waals surface area contributed by atoms with Crippen LogP contribution in [0.15, 0.2) is 35.5 Å². The van der Waals surface area contributed by atoms with Gasteiger partial charge in [0.05, 0.1) is 25.1 Å². The summed E-state index contributed by atoms with van der Waals surface area (Å²) in [5.41, 5.74) is 7.39. The van der Waals surface area contributed by atoms with E-state index in [9.17, 15) is 4.79 Å². The van der Waals surface area contributed by atoms with Gasteiger partial charge in [-0.2, -0.15) is 5.10 Å². The number of hydrogen-bond donors (Lipinski definition) is 1. The van der Waals surface area contributed by atoms with Gasteiger partial charge in [-0.05, 0) is 67.5 Å². The summed E-state index contributed by atoms with van der Waals surface area (Å²) in [6, 6.07) is 4.92. The minimum Gasteiger partial charge on any atom is -0.383 e. The smallest absolute Gasteiger partial charge is 0.258 e. The van der Waals surface area contributed by atoms with Crippen LogP contribution >= 0.6 is 0 Å². The molecule has 5 aliphatic rings. The third-order valence-corrected chi connectivity index (χ3v) is 9.20. The lowest BCUT2D eigenvalue weighted by Crippen LogP contribution is -2.44. The van der Waals surface area contributed by atoms with Crippen LogP contribution in [0.4, 0.5) is 10.2 Å². The van der Waals surface area contributed by atoms with Crippen molar-refractivity contribution in [3.8, 4) is 11.3 Å². The summed E-state index contributed by atoms with van der Waals surface area (Å²) in [5.74, 6) is 1.06. The first-order valence-electron chi connectivity index (χ1n) is 12.4. The Labute approximate surface area is 199 Å². The van der Waals surface area contributed by atoms with Crippen molar-refractivity contribution in [3.05, 3.63) is 46.9 Å². The fourth-order valence-electron chi connectivity index (χ4n) is 7.15. The minimum atomic E-state index is -0.446. The number of rotatable bonds is 4. The first kappa shape index (κ1) is 19.9.